The topological polar surface area (TPSA) is 105 Å². The molecule has 7 nitrogen and oxygen atoms in total. The molecule has 0 fully saturated rings. The maximum absolute atomic E-state index is 13.6. The van der Waals surface area contributed by atoms with E-state index in [1.54, 1.807) is 42.5 Å². The Kier molecular flexibility index (Phi) is 6.09. The molecule has 0 aliphatic carbocycles. The predicted molar refractivity (Wildman–Crippen MR) is 135 cm³/mol. The fraction of sp³-hybridized carbons (Fsp3) is 0.0741. The van der Waals surface area contributed by atoms with Gasteiger partial charge in [0, 0.05) is 12.3 Å². The predicted octanol–water partition coefficient (Wildman–Crippen LogP) is 5.08. The van der Waals surface area contributed by atoms with Gasteiger partial charge in [-0.15, -0.1) is 0 Å². The van der Waals surface area contributed by atoms with Crippen LogP contribution in [-0.4, -0.2) is 33.2 Å². The zero-order valence-electron chi connectivity index (χ0n) is 19.0. The Bertz CT molecular complexity index is 1560. The number of benzene rings is 3. The van der Waals surface area contributed by atoms with Crippen molar-refractivity contribution in [3.63, 3.8) is 0 Å². The highest BCUT2D eigenvalue weighted by Crippen LogP contribution is 2.39. The van der Waals surface area contributed by atoms with E-state index in [9.17, 15) is 19.4 Å². The van der Waals surface area contributed by atoms with Crippen LogP contribution in [0.25, 0.3) is 10.2 Å². The van der Waals surface area contributed by atoms with Crippen molar-refractivity contribution in [2.24, 2.45) is 0 Å². The number of hydrogen-bond donors (Lipinski definition) is 3. The molecule has 5 rings (SSSR count). The lowest BCUT2D eigenvalue weighted by Gasteiger charge is -2.30. The molecule has 180 valence electrons. The second kappa shape index (κ2) is 9.37. The number of nitrogens with zero attached hydrogens (tertiary/aromatic N) is 2. The monoisotopic (exact) mass is 501 g/mol. The van der Waals surface area contributed by atoms with Crippen molar-refractivity contribution in [2.45, 2.75) is 5.60 Å². The summed E-state index contributed by atoms with van der Waals surface area (Å²) < 4.78 is 19.4. The Morgan fingerprint density at radius 3 is 2.42 bits per heavy atom. The van der Waals surface area contributed by atoms with Crippen molar-refractivity contribution < 1.29 is 24.1 Å². The lowest BCUT2D eigenvalue weighted by atomic mass is 9.80. The zero-order chi connectivity index (χ0) is 25.3. The Balaban J connectivity index is 1.53. The van der Waals surface area contributed by atoms with Crippen molar-refractivity contribution in [3.8, 4) is 11.5 Å². The average Bonchev–Trinajstić information content (AvgIpc) is 3.30. The number of fused-ring (bicyclic) bond motifs is 1. The summed E-state index contributed by atoms with van der Waals surface area (Å²) in [5.74, 6) is -1.28. The van der Waals surface area contributed by atoms with Crippen LogP contribution < -0.4 is 10.1 Å². The lowest BCUT2D eigenvalue weighted by molar-refractivity contribution is 0.101. The van der Waals surface area contributed by atoms with Crippen LogP contribution in [0.4, 0.5) is 9.52 Å². The van der Waals surface area contributed by atoms with E-state index in [2.05, 4.69) is 15.3 Å². The number of carbonyl (C=O) groups is 1. The third-order valence-electron chi connectivity index (χ3n) is 5.80. The summed E-state index contributed by atoms with van der Waals surface area (Å²) in [5, 5.41) is 25.2. The van der Waals surface area contributed by atoms with Crippen molar-refractivity contribution >= 4 is 32.6 Å². The fourth-order valence-electron chi connectivity index (χ4n) is 4.00. The fourth-order valence-corrected chi connectivity index (χ4v) is 4.90. The summed E-state index contributed by atoms with van der Waals surface area (Å²) in [7, 11) is 1.38. The maximum atomic E-state index is 13.6. The summed E-state index contributed by atoms with van der Waals surface area (Å²) in [6.07, 6.45) is 1.36. The third kappa shape index (κ3) is 4.15. The summed E-state index contributed by atoms with van der Waals surface area (Å²) in [6, 6.07) is 21.6. The molecule has 2 heterocycles. The molecule has 9 heteroatoms. The molecule has 2 aromatic heterocycles. The first-order valence-electron chi connectivity index (χ1n) is 10.9. The van der Waals surface area contributed by atoms with Crippen molar-refractivity contribution in [2.75, 3.05) is 12.4 Å². The number of methoxy groups -OCH3 is 1. The highest BCUT2D eigenvalue weighted by molar-refractivity contribution is 7.22. The summed E-state index contributed by atoms with van der Waals surface area (Å²) in [6.45, 7) is 0. The van der Waals surface area contributed by atoms with E-state index in [1.165, 1.54) is 42.8 Å². The van der Waals surface area contributed by atoms with Crippen LogP contribution in [0.2, 0.25) is 0 Å². The summed E-state index contributed by atoms with van der Waals surface area (Å²) >= 11 is 1.20. The van der Waals surface area contributed by atoms with Gasteiger partial charge < -0.3 is 14.9 Å². The van der Waals surface area contributed by atoms with Crippen LogP contribution in [0.1, 0.15) is 27.2 Å². The van der Waals surface area contributed by atoms with Gasteiger partial charge in [0.1, 0.15) is 11.4 Å². The molecule has 0 saturated heterocycles. The number of ether oxygens (including phenoxy) is 1. The Morgan fingerprint density at radius 2 is 1.69 bits per heavy atom. The zero-order valence-corrected chi connectivity index (χ0v) is 19.8. The minimum atomic E-state index is -1.55. The number of amides is 1. The average molecular weight is 502 g/mol. The number of hydrogen-bond acceptors (Lipinski definition) is 7. The van der Waals surface area contributed by atoms with Gasteiger partial charge in [0.15, 0.2) is 22.3 Å². The van der Waals surface area contributed by atoms with E-state index in [0.29, 0.717) is 32.0 Å². The molecule has 0 radical (unpaired) electrons. The van der Waals surface area contributed by atoms with Crippen molar-refractivity contribution in [1.29, 1.82) is 0 Å². The van der Waals surface area contributed by atoms with Gasteiger partial charge in [0.25, 0.3) is 5.91 Å². The Hall–Kier alpha value is -4.34. The molecular formula is C27H20FN3O4S. The third-order valence-corrected chi connectivity index (χ3v) is 6.74. The highest BCUT2D eigenvalue weighted by Gasteiger charge is 2.34. The van der Waals surface area contributed by atoms with Crippen molar-refractivity contribution in [1.82, 2.24) is 9.97 Å². The molecule has 0 aliphatic rings. The molecule has 1 amide bonds. The molecular weight excluding hydrogens is 481 g/mol. The van der Waals surface area contributed by atoms with Gasteiger partial charge in [-0.2, -0.15) is 0 Å². The first kappa shape index (κ1) is 23.4. The van der Waals surface area contributed by atoms with Crippen LogP contribution in [0.15, 0.2) is 85.1 Å². The largest absolute Gasteiger partial charge is 0.503 e. The molecule has 0 aliphatic heterocycles. The number of aromatic hydroxyl groups is 1. The van der Waals surface area contributed by atoms with Crippen LogP contribution >= 0.6 is 11.3 Å². The van der Waals surface area contributed by atoms with Crippen LogP contribution in [0.3, 0.4) is 0 Å². The smallest absolute Gasteiger partial charge is 0.280 e. The Morgan fingerprint density at radius 1 is 1.00 bits per heavy atom. The van der Waals surface area contributed by atoms with E-state index in [0.717, 1.165) is 0 Å². The normalized spacial score (nSPS) is 12.8. The van der Waals surface area contributed by atoms with Crippen molar-refractivity contribution in [3.05, 3.63) is 113 Å². The number of nitrogens with one attached hydrogen (secondary N) is 1. The van der Waals surface area contributed by atoms with Gasteiger partial charge in [0.2, 0.25) is 0 Å². The number of pyridine rings is 1. The Labute approximate surface area is 209 Å². The maximum Gasteiger partial charge on any atom is 0.280 e. The van der Waals surface area contributed by atoms with Crippen LogP contribution in [0, 0.1) is 5.82 Å². The number of aliphatic hydroxyl groups is 1. The van der Waals surface area contributed by atoms with Gasteiger partial charge in [-0.1, -0.05) is 59.9 Å². The number of rotatable bonds is 6. The SMILES string of the molecule is COc1ccnc(C(=O)Nc2nc3ccc(C(O)(c4ccccc4)c4ccc(F)cc4)cc3s2)c1O. The minimum absolute atomic E-state index is 0.130. The van der Waals surface area contributed by atoms with Gasteiger partial charge in [0.05, 0.1) is 17.3 Å². The van der Waals surface area contributed by atoms with Gasteiger partial charge in [-0.3, -0.25) is 10.1 Å². The first-order chi connectivity index (χ1) is 17.4. The summed E-state index contributed by atoms with van der Waals surface area (Å²) in [4.78, 5) is 21.1. The number of aromatic nitrogens is 2. The molecule has 0 bridgehead atoms. The second-order valence-electron chi connectivity index (χ2n) is 7.95. The number of carbonyl (C=O) groups excluding carboxylic acids is 1. The standard InChI is InChI=1S/C27H20FN3O4S/c1-35-21-13-14-29-23(24(21)32)25(33)31-26-30-20-12-9-18(15-22(20)36-26)27(34,16-5-3-2-4-6-16)17-7-10-19(28)11-8-17/h2-15,32,34H,1H3,(H,30,31,33). The summed E-state index contributed by atoms with van der Waals surface area (Å²) in [5.41, 5.74) is 0.551. The number of anilines is 1. The minimum Gasteiger partial charge on any atom is -0.503 e. The highest BCUT2D eigenvalue weighted by atomic mass is 32.1. The van der Waals surface area contributed by atoms with Crippen LogP contribution in [-0.2, 0) is 5.60 Å². The quantitative estimate of drug-likeness (QED) is 0.280. The van der Waals surface area contributed by atoms with E-state index < -0.39 is 17.3 Å². The number of halogens is 1. The second-order valence-corrected chi connectivity index (χ2v) is 8.98. The molecule has 36 heavy (non-hydrogen) atoms. The molecule has 0 saturated carbocycles. The van der Waals surface area contributed by atoms with E-state index in [4.69, 9.17) is 4.74 Å². The van der Waals surface area contributed by atoms with Crippen LogP contribution in [0.5, 0.6) is 11.5 Å². The molecule has 0 spiro atoms. The molecule has 1 unspecified atom stereocenters. The van der Waals surface area contributed by atoms with E-state index >= 15 is 0 Å². The van der Waals surface area contributed by atoms with E-state index in [-0.39, 0.29) is 17.2 Å². The van der Waals surface area contributed by atoms with Gasteiger partial charge in [-0.25, -0.2) is 14.4 Å². The lowest BCUT2D eigenvalue weighted by Crippen LogP contribution is -2.28. The van der Waals surface area contributed by atoms with E-state index in [1.807, 2.05) is 18.2 Å². The molecule has 3 aromatic carbocycles. The molecule has 1 atom stereocenters. The van der Waals surface area contributed by atoms with Gasteiger partial charge >= 0.3 is 0 Å². The molecule has 3 N–H and O–H groups in total. The van der Waals surface area contributed by atoms with Gasteiger partial charge in [-0.05, 0) is 41.0 Å². The number of thiazole rings is 1. The molecule has 5 aromatic rings. The first-order valence-corrected chi connectivity index (χ1v) is 11.7.